The average Bonchev–Trinajstić information content (AvgIpc) is 2.63. The van der Waals surface area contributed by atoms with E-state index >= 15 is 0 Å². The van der Waals surface area contributed by atoms with Gasteiger partial charge in [-0.05, 0) is 19.3 Å². The zero-order chi connectivity index (χ0) is 8.60. The van der Waals surface area contributed by atoms with Crippen LogP contribution in [0.3, 0.4) is 0 Å². The van der Waals surface area contributed by atoms with Gasteiger partial charge in [0.15, 0.2) is 0 Å². The molecule has 1 aromatic heterocycles. The molecule has 0 atom stereocenters. The summed E-state index contributed by atoms with van der Waals surface area (Å²) in [5.74, 6) is 0. The minimum absolute atomic E-state index is 0.114. The van der Waals surface area contributed by atoms with Crippen LogP contribution in [0.25, 0.3) is 0 Å². The second kappa shape index (κ2) is 2.82. The maximum absolute atomic E-state index is 6.00. The van der Waals surface area contributed by atoms with Crippen molar-refractivity contribution in [1.82, 2.24) is 4.98 Å². The summed E-state index contributed by atoms with van der Waals surface area (Å²) < 4.78 is 0. The molecule has 0 aliphatic heterocycles. The van der Waals surface area contributed by atoms with Gasteiger partial charge in [0.25, 0.3) is 0 Å². The molecule has 3 heteroatoms. The molecule has 1 aliphatic carbocycles. The first-order chi connectivity index (χ1) is 5.72. The number of nitrogens with zero attached hydrogens (tertiary/aromatic N) is 1. The van der Waals surface area contributed by atoms with Gasteiger partial charge in [-0.25, -0.2) is 4.98 Å². The van der Waals surface area contributed by atoms with Crippen LogP contribution in [0, 0.1) is 0 Å². The van der Waals surface area contributed by atoms with Crippen molar-refractivity contribution in [2.24, 2.45) is 5.73 Å². The van der Waals surface area contributed by atoms with E-state index in [-0.39, 0.29) is 5.54 Å². The van der Waals surface area contributed by atoms with Crippen LogP contribution in [0.2, 0.25) is 0 Å². The number of aryl methyl sites for hydroxylation is 1. The second-order valence-electron chi connectivity index (χ2n) is 3.63. The Morgan fingerprint density at radius 2 is 2.42 bits per heavy atom. The van der Waals surface area contributed by atoms with Crippen molar-refractivity contribution in [3.05, 3.63) is 16.1 Å². The third-order valence-electron chi connectivity index (χ3n) is 2.36. The lowest BCUT2D eigenvalue weighted by molar-refractivity contribution is 0.667. The van der Waals surface area contributed by atoms with E-state index in [1.165, 1.54) is 23.5 Å². The van der Waals surface area contributed by atoms with Crippen LogP contribution in [-0.4, -0.2) is 10.5 Å². The molecular weight excluding hydrogens is 168 g/mol. The van der Waals surface area contributed by atoms with Crippen molar-refractivity contribution in [3.63, 3.8) is 0 Å². The summed E-state index contributed by atoms with van der Waals surface area (Å²) >= 11 is 1.75. The van der Waals surface area contributed by atoms with Gasteiger partial charge in [-0.2, -0.15) is 0 Å². The fraction of sp³-hybridized carbons (Fsp3) is 0.667. The molecule has 0 bridgehead atoms. The van der Waals surface area contributed by atoms with Crippen molar-refractivity contribution in [3.8, 4) is 0 Å². The lowest BCUT2D eigenvalue weighted by atomic mass is 10.2. The van der Waals surface area contributed by atoms with Gasteiger partial charge in [0.2, 0.25) is 0 Å². The number of hydrogen-bond donors (Lipinski definition) is 1. The number of nitrogens with two attached hydrogens (primary N) is 1. The van der Waals surface area contributed by atoms with Gasteiger partial charge >= 0.3 is 0 Å². The van der Waals surface area contributed by atoms with Gasteiger partial charge in [-0.1, -0.05) is 6.92 Å². The highest BCUT2D eigenvalue weighted by atomic mass is 32.1. The lowest BCUT2D eigenvalue weighted by Gasteiger charge is -2.03. The maximum atomic E-state index is 6.00. The van der Waals surface area contributed by atoms with E-state index in [4.69, 9.17) is 5.73 Å². The Kier molecular flexibility index (Phi) is 1.93. The van der Waals surface area contributed by atoms with Crippen LogP contribution in [0.15, 0.2) is 5.38 Å². The molecule has 2 N–H and O–H groups in total. The Balaban J connectivity index is 2.03. The third kappa shape index (κ3) is 1.67. The molecule has 1 saturated carbocycles. The van der Waals surface area contributed by atoms with Crippen LogP contribution in [0.4, 0.5) is 0 Å². The molecule has 66 valence electrons. The highest BCUT2D eigenvalue weighted by Gasteiger charge is 2.38. The molecule has 0 spiro atoms. The summed E-state index contributed by atoms with van der Waals surface area (Å²) in [6.45, 7) is 2.13. The van der Waals surface area contributed by atoms with E-state index < -0.39 is 0 Å². The molecule has 12 heavy (non-hydrogen) atoms. The van der Waals surface area contributed by atoms with E-state index in [2.05, 4.69) is 17.3 Å². The average molecular weight is 182 g/mol. The predicted octanol–water partition coefficient (Wildman–Crippen LogP) is 1.74. The molecule has 0 aromatic carbocycles. The number of thiazole rings is 1. The highest BCUT2D eigenvalue weighted by molar-refractivity contribution is 7.09. The Hall–Kier alpha value is -0.410. The summed E-state index contributed by atoms with van der Waals surface area (Å²) in [7, 11) is 0. The number of aromatic nitrogens is 1. The molecular formula is C9H14N2S. The molecule has 2 nitrogen and oxygen atoms in total. The Labute approximate surface area is 76.8 Å². The lowest BCUT2D eigenvalue weighted by Crippen LogP contribution is -2.24. The van der Waals surface area contributed by atoms with E-state index in [0.29, 0.717) is 0 Å². The number of rotatable bonds is 3. The molecule has 2 rings (SSSR count). The summed E-state index contributed by atoms with van der Waals surface area (Å²) in [4.78, 5) is 4.49. The largest absolute Gasteiger partial charge is 0.325 e. The van der Waals surface area contributed by atoms with Crippen molar-refractivity contribution in [2.75, 3.05) is 0 Å². The summed E-state index contributed by atoms with van der Waals surface area (Å²) in [6.07, 6.45) is 4.37. The first-order valence-electron chi connectivity index (χ1n) is 4.44. The molecule has 1 fully saturated rings. The quantitative estimate of drug-likeness (QED) is 0.773. The molecule has 1 heterocycles. The Bertz CT molecular complexity index is 276. The van der Waals surface area contributed by atoms with Gasteiger partial charge in [-0.3, -0.25) is 0 Å². The van der Waals surface area contributed by atoms with Gasteiger partial charge < -0.3 is 5.73 Å². The van der Waals surface area contributed by atoms with Crippen LogP contribution in [-0.2, 0) is 12.8 Å². The minimum Gasteiger partial charge on any atom is -0.325 e. The Morgan fingerprint density at radius 3 is 2.92 bits per heavy atom. The van der Waals surface area contributed by atoms with Gasteiger partial charge in [0, 0.05) is 17.3 Å². The zero-order valence-corrected chi connectivity index (χ0v) is 8.16. The minimum atomic E-state index is 0.114. The molecule has 0 radical (unpaired) electrons. The fourth-order valence-electron chi connectivity index (χ4n) is 1.23. The topological polar surface area (TPSA) is 38.9 Å². The molecule has 0 unspecified atom stereocenters. The molecule has 0 amide bonds. The van der Waals surface area contributed by atoms with E-state index in [9.17, 15) is 0 Å². The number of hydrogen-bond acceptors (Lipinski definition) is 3. The normalized spacial score (nSPS) is 19.5. The zero-order valence-electron chi connectivity index (χ0n) is 7.34. The monoisotopic (exact) mass is 182 g/mol. The molecule has 0 saturated heterocycles. The van der Waals surface area contributed by atoms with Crippen LogP contribution < -0.4 is 5.73 Å². The summed E-state index contributed by atoms with van der Waals surface area (Å²) in [6, 6.07) is 0. The van der Waals surface area contributed by atoms with Crippen LogP contribution in [0.1, 0.15) is 30.5 Å². The Morgan fingerprint density at radius 1 is 1.67 bits per heavy atom. The summed E-state index contributed by atoms with van der Waals surface area (Å²) in [5.41, 5.74) is 7.32. The standard InChI is InChI=1S/C9H14N2S/c1-2-7-6-12-8(11-7)5-9(10)3-4-9/h6H,2-5,10H2,1H3. The van der Waals surface area contributed by atoms with Crippen molar-refractivity contribution >= 4 is 11.3 Å². The summed E-state index contributed by atoms with van der Waals surface area (Å²) in [5, 5.41) is 3.35. The van der Waals surface area contributed by atoms with Crippen molar-refractivity contribution < 1.29 is 0 Å². The second-order valence-corrected chi connectivity index (χ2v) is 4.57. The molecule has 1 aliphatic rings. The van der Waals surface area contributed by atoms with Crippen molar-refractivity contribution in [2.45, 2.75) is 38.1 Å². The van der Waals surface area contributed by atoms with E-state index in [0.717, 1.165) is 12.8 Å². The van der Waals surface area contributed by atoms with Gasteiger partial charge in [0.05, 0.1) is 10.7 Å². The first-order valence-corrected chi connectivity index (χ1v) is 5.32. The predicted molar refractivity (Wildman–Crippen MR) is 51.3 cm³/mol. The van der Waals surface area contributed by atoms with E-state index in [1.54, 1.807) is 11.3 Å². The van der Waals surface area contributed by atoms with Crippen molar-refractivity contribution in [1.29, 1.82) is 0 Å². The SMILES string of the molecule is CCc1csc(CC2(N)CC2)n1. The van der Waals surface area contributed by atoms with Gasteiger partial charge in [-0.15, -0.1) is 11.3 Å². The smallest absolute Gasteiger partial charge is 0.0946 e. The highest BCUT2D eigenvalue weighted by Crippen LogP contribution is 2.36. The fourth-order valence-corrected chi connectivity index (χ4v) is 2.26. The first kappa shape index (κ1) is 8.20. The van der Waals surface area contributed by atoms with Crippen LogP contribution in [0.5, 0.6) is 0 Å². The van der Waals surface area contributed by atoms with E-state index in [1.807, 2.05) is 0 Å². The van der Waals surface area contributed by atoms with Gasteiger partial charge in [0.1, 0.15) is 0 Å². The van der Waals surface area contributed by atoms with Crippen LogP contribution >= 0.6 is 11.3 Å². The molecule has 1 aromatic rings. The maximum Gasteiger partial charge on any atom is 0.0946 e. The third-order valence-corrected chi connectivity index (χ3v) is 3.25.